The van der Waals surface area contributed by atoms with Crippen molar-refractivity contribution in [2.45, 2.75) is 12.8 Å². The first kappa shape index (κ1) is 13.0. The molecule has 0 aromatic heterocycles. The van der Waals surface area contributed by atoms with Crippen LogP contribution in [0.3, 0.4) is 0 Å². The van der Waals surface area contributed by atoms with Gasteiger partial charge < -0.3 is 15.4 Å². The van der Waals surface area contributed by atoms with E-state index >= 15 is 0 Å². The molecular weight excluding hydrogens is 245 g/mol. The summed E-state index contributed by atoms with van der Waals surface area (Å²) in [5, 5.41) is 0. The molecule has 2 rings (SSSR count). The van der Waals surface area contributed by atoms with Crippen LogP contribution >= 0.6 is 0 Å². The minimum atomic E-state index is -4.64. The molecule has 1 aromatic rings. The van der Waals surface area contributed by atoms with Crippen molar-refractivity contribution in [1.82, 2.24) is 0 Å². The second kappa shape index (κ2) is 5.06. The number of ether oxygens (including phenoxy) is 1. The topological polar surface area (TPSA) is 38.5 Å². The minimum Gasteiger partial charge on any atom is -0.406 e. The van der Waals surface area contributed by atoms with Crippen molar-refractivity contribution in [1.29, 1.82) is 0 Å². The van der Waals surface area contributed by atoms with Crippen LogP contribution in [0.5, 0.6) is 5.75 Å². The number of nitrogens with two attached hydrogens (primary N) is 1. The van der Waals surface area contributed by atoms with Gasteiger partial charge in [-0.05, 0) is 43.1 Å². The highest BCUT2D eigenvalue weighted by molar-refractivity contribution is 5.49. The molecule has 0 bridgehead atoms. The van der Waals surface area contributed by atoms with Gasteiger partial charge >= 0.3 is 6.36 Å². The molecule has 0 radical (unpaired) electrons. The van der Waals surface area contributed by atoms with Gasteiger partial charge in [0.2, 0.25) is 0 Å². The molecule has 100 valence electrons. The van der Waals surface area contributed by atoms with Crippen LogP contribution in [0.4, 0.5) is 18.9 Å². The van der Waals surface area contributed by atoms with Gasteiger partial charge in [-0.15, -0.1) is 13.2 Å². The summed E-state index contributed by atoms with van der Waals surface area (Å²) in [6, 6.07) is 5.94. The van der Waals surface area contributed by atoms with Crippen LogP contribution in [0.2, 0.25) is 0 Å². The van der Waals surface area contributed by atoms with Gasteiger partial charge in [-0.2, -0.15) is 0 Å². The lowest BCUT2D eigenvalue weighted by Gasteiger charge is -2.19. The van der Waals surface area contributed by atoms with Crippen LogP contribution in [0.1, 0.15) is 6.42 Å². The Kier molecular flexibility index (Phi) is 3.65. The van der Waals surface area contributed by atoms with Gasteiger partial charge in [0, 0.05) is 18.8 Å². The molecule has 0 spiro atoms. The standard InChI is InChI=1S/C12H15F3N2O/c13-12(14,15)18-11-3-1-10(2-4-11)17-6-5-9(7-16)8-17/h1-4,9H,5-8,16H2/t9-/m0/s1. The van der Waals surface area contributed by atoms with E-state index in [4.69, 9.17) is 5.73 Å². The van der Waals surface area contributed by atoms with Crippen molar-refractivity contribution < 1.29 is 17.9 Å². The Balaban J connectivity index is 2.00. The minimum absolute atomic E-state index is 0.194. The molecule has 1 aliphatic rings. The molecule has 1 heterocycles. The Morgan fingerprint density at radius 2 is 1.94 bits per heavy atom. The third-order valence-electron chi connectivity index (χ3n) is 3.05. The third kappa shape index (κ3) is 3.29. The average Bonchev–Trinajstić information content (AvgIpc) is 2.76. The van der Waals surface area contributed by atoms with Gasteiger partial charge in [-0.1, -0.05) is 0 Å². The van der Waals surface area contributed by atoms with Crippen LogP contribution < -0.4 is 15.4 Å². The van der Waals surface area contributed by atoms with E-state index in [9.17, 15) is 13.2 Å². The van der Waals surface area contributed by atoms with E-state index in [0.717, 1.165) is 25.2 Å². The Bertz CT molecular complexity index is 391. The normalized spacial score (nSPS) is 20.2. The number of hydrogen-bond acceptors (Lipinski definition) is 3. The van der Waals surface area contributed by atoms with Crippen LogP contribution in [0.15, 0.2) is 24.3 Å². The number of alkyl halides is 3. The largest absolute Gasteiger partial charge is 0.573 e. The van der Waals surface area contributed by atoms with Crippen molar-refractivity contribution in [2.24, 2.45) is 11.7 Å². The number of halogens is 3. The summed E-state index contributed by atoms with van der Waals surface area (Å²) < 4.78 is 39.8. The monoisotopic (exact) mass is 260 g/mol. The zero-order chi connectivity index (χ0) is 13.2. The van der Waals surface area contributed by atoms with E-state index in [0.29, 0.717) is 12.5 Å². The molecule has 1 fully saturated rings. The van der Waals surface area contributed by atoms with E-state index in [1.807, 2.05) is 0 Å². The molecule has 0 amide bonds. The molecular formula is C12H15F3N2O. The second-order valence-electron chi connectivity index (χ2n) is 4.38. The van der Waals surface area contributed by atoms with Gasteiger partial charge in [0.15, 0.2) is 0 Å². The molecule has 1 aliphatic heterocycles. The van der Waals surface area contributed by atoms with Crippen molar-refractivity contribution >= 4 is 5.69 Å². The summed E-state index contributed by atoms with van der Waals surface area (Å²) >= 11 is 0. The van der Waals surface area contributed by atoms with E-state index in [1.165, 1.54) is 12.1 Å². The lowest BCUT2D eigenvalue weighted by Crippen LogP contribution is -2.22. The fraction of sp³-hybridized carbons (Fsp3) is 0.500. The predicted octanol–water partition coefficient (Wildman–Crippen LogP) is 2.37. The highest BCUT2D eigenvalue weighted by Crippen LogP contribution is 2.27. The van der Waals surface area contributed by atoms with E-state index < -0.39 is 6.36 Å². The van der Waals surface area contributed by atoms with Crippen molar-refractivity contribution in [3.63, 3.8) is 0 Å². The first-order valence-corrected chi connectivity index (χ1v) is 5.79. The fourth-order valence-electron chi connectivity index (χ4n) is 2.12. The molecule has 1 saturated heterocycles. The van der Waals surface area contributed by atoms with Crippen molar-refractivity contribution in [3.8, 4) is 5.75 Å². The maximum atomic E-state index is 12.0. The summed E-state index contributed by atoms with van der Waals surface area (Å²) in [6.07, 6.45) is -3.61. The van der Waals surface area contributed by atoms with Crippen molar-refractivity contribution in [3.05, 3.63) is 24.3 Å². The molecule has 1 atom stereocenters. The maximum Gasteiger partial charge on any atom is 0.573 e. The van der Waals surface area contributed by atoms with Crippen molar-refractivity contribution in [2.75, 3.05) is 24.5 Å². The Morgan fingerprint density at radius 3 is 2.44 bits per heavy atom. The summed E-state index contributed by atoms with van der Waals surface area (Å²) in [5.74, 6) is 0.275. The molecule has 1 aromatic carbocycles. The smallest absolute Gasteiger partial charge is 0.406 e. The van der Waals surface area contributed by atoms with Gasteiger partial charge in [-0.25, -0.2) is 0 Å². The van der Waals surface area contributed by atoms with Gasteiger partial charge in [0.25, 0.3) is 0 Å². The molecule has 0 saturated carbocycles. The summed E-state index contributed by atoms with van der Waals surface area (Å²) in [5.41, 5.74) is 6.50. The number of benzene rings is 1. The summed E-state index contributed by atoms with van der Waals surface area (Å²) in [4.78, 5) is 2.12. The SMILES string of the molecule is NC[C@@H]1CCN(c2ccc(OC(F)(F)F)cc2)C1. The Labute approximate surface area is 103 Å². The summed E-state index contributed by atoms with van der Waals surface area (Å²) in [7, 11) is 0. The second-order valence-corrected chi connectivity index (χ2v) is 4.38. The average molecular weight is 260 g/mol. The molecule has 0 unspecified atom stereocenters. The number of rotatable bonds is 3. The highest BCUT2D eigenvalue weighted by Gasteiger charge is 2.31. The predicted molar refractivity (Wildman–Crippen MR) is 62.5 cm³/mol. The first-order valence-electron chi connectivity index (χ1n) is 5.79. The van der Waals surface area contributed by atoms with E-state index in [1.54, 1.807) is 12.1 Å². The quantitative estimate of drug-likeness (QED) is 0.906. The molecule has 2 N–H and O–H groups in total. The molecule has 3 nitrogen and oxygen atoms in total. The Hall–Kier alpha value is -1.43. The zero-order valence-electron chi connectivity index (χ0n) is 9.78. The van der Waals surface area contributed by atoms with Crippen LogP contribution in [-0.4, -0.2) is 26.0 Å². The highest BCUT2D eigenvalue weighted by atomic mass is 19.4. The van der Waals surface area contributed by atoms with Gasteiger partial charge in [-0.3, -0.25) is 0 Å². The van der Waals surface area contributed by atoms with Gasteiger partial charge in [0.05, 0.1) is 0 Å². The number of hydrogen-bond donors (Lipinski definition) is 1. The van der Waals surface area contributed by atoms with Crippen LogP contribution in [0, 0.1) is 5.92 Å². The number of anilines is 1. The van der Waals surface area contributed by atoms with E-state index in [2.05, 4.69) is 9.64 Å². The molecule has 0 aliphatic carbocycles. The Morgan fingerprint density at radius 1 is 1.28 bits per heavy atom. The van der Waals surface area contributed by atoms with Crippen LogP contribution in [0.25, 0.3) is 0 Å². The summed E-state index contributed by atoms with van der Waals surface area (Å²) in [6.45, 7) is 2.39. The van der Waals surface area contributed by atoms with Crippen LogP contribution in [-0.2, 0) is 0 Å². The lowest BCUT2D eigenvalue weighted by atomic mass is 10.1. The lowest BCUT2D eigenvalue weighted by molar-refractivity contribution is -0.274. The maximum absolute atomic E-state index is 12.0. The van der Waals surface area contributed by atoms with Gasteiger partial charge in [0.1, 0.15) is 5.75 Å². The van der Waals surface area contributed by atoms with E-state index in [-0.39, 0.29) is 5.75 Å². The first-order chi connectivity index (χ1) is 8.48. The molecule has 18 heavy (non-hydrogen) atoms. The third-order valence-corrected chi connectivity index (χ3v) is 3.05. The molecule has 6 heteroatoms. The zero-order valence-corrected chi connectivity index (χ0v) is 9.78. The number of nitrogens with zero attached hydrogens (tertiary/aromatic N) is 1. The fourth-order valence-corrected chi connectivity index (χ4v) is 2.12.